The summed E-state index contributed by atoms with van der Waals surface area (Å²) in [4.78, 5) is 0. The molecule has 0 unspecified atom stereocenters. The van der Waals surface area contributed by atoms with E-state index < -0.39 is 0 Å². The number of nitrogens with one attached hydrogen (secondary N) is 1. The maximum atomic E-state index is 5.40. The number of hydrogen-bond donors (Lipinski definition) is 2. The molecule has 0 spiro atoms. The van der Waals surface area contributed by atoms with Crippen LogP contribution < -0.4 is 5.73 Å². The average Bonchev–Trinajstić information content (AvgIpc) is 2.55. The van der Waals surface area contributed by atoms with Gasteiger partial charge in [-0.25, -0.2) is 0 Å². The number of aromatic amines is 1. The van der Waals surface area contributed by atoms with Crippen molar-refractivity contribution < 1.29 is 4.42 Å². The number of rotatable bonds is 1. The SMILES string of the molecule is Cl.Nc1cc(-c2ccco2)[nH]n1. The van der Waals surface area contributed by atoms with E-state index in [0.717, 1.165) is 11.5 Å². The van der Waals surface area contributed by atoms with Crippen molar-refractivity contribution in [3.05, 3.63) is 24.5 Å². The smallest absolute Gasteiger partial charge is 0.151 e. The third kappa shape index (κ3) is 1.43. The van der Waals surface area contributed by atoms with Crippen LogP contribution in [0.1, 0.15) is 0 Å². The summed E-state index contributed by atoms with van der Waals surface area (Å²) in [6.07, 6.45) is 1.60. The van der Waals surface area contributed by atoms with Gasteiger partial charge < -0.3 is 10.2 Å². The Morgan fingerprint density at radius 1 is 1.50 bits per heavy atom. The summed E-state index contributed by atoms with van der Waals surface area (Å²) in [7, 11) is 0. The Morgan fingerprint density at radius 2 is 2.33 bits per heavy atom. The largest absolute Gasteiger partial charge is 0.463 e. The predicted octanol–water partition coefficient (Wildman–Crippen LogP) is 1.67. The van der Waals surface area contributed by atoms with E-state index in [1.54, 1.807) is 12.3 Å². The van der Waals surface area contributed by atoms with Crippen molar-refractivity contribution >= 4 is 18.2 Å². The maximum Gasteiger partial charge on any atom is 0.151 e. The maximum absolute atomic E-state index is 5.40. The van der Waals surface area contributed by atoms with Crippen LogP contribution in [0.4, 0.5) is 5.82 Å². The van der Waals surface area contributed by atoms with Crippen LogP contribution >= 0.6 is 12.4 Å². The van der Waals surface area contributed by atoms with Gasteiger partial charge in [-0.15, -0.1) is 12.4 Å². The fourth-order valence-electron chi connectivity index (χ4n) is 0.895. The molecule has 2 rings (SSSR count). The van der Waals surface area contributed by atoms with E-state index >= 15 is 0 Å². The third-order valence-electron chi connectivity index (χ3n) is 1.38. The molecule has 0 aliphatic rings. The molecule has 0 atom stereocenters. The van der Waals surface area contributed by atoms with Crippen molar-refractivity contribution in [2.24, 2.45) is 0 Å². The van der Waals surface area contributed by atoms with Gasteiger partial charge in [0.05, 0.1) is 6.26 Å². The second-order valence-corrected chi connectivity index (χ2v) is 2.18. The molecule has 0 radical (unpaired) electrons. The molecule has 0 aliphatic heterocycles. The number of nitrogens with zero attached hydrogens (tertiary/aromatic N) is 1. The highest BCUT2D eigenvalue weighted by molar-refractivity contribution is 5.85. The normalized spacial score (nSPS) is 9.33. The number of hydrogen-bond acceptors (Lipinski definition) is 3. The van der Waals surface area contributed by atoms with E-state index in [-0.39, 0.29) is 12.4 Å². The zero-order chi connectivity index (χ0) is 7.68. The van der Waals surface area contributed by atoms with Crippen molar-refractivity contribution in [3.8, 4) is 11.5 Å². The Bertz CT molecular complexity index is 341. The molecule has 2 heterocycles. The van der Waals surface area contributed by atoms with E-state index in [2.05, 4.69) is 10.2 Å². The Kier molecular flexibility index (Phi) is 2.40. The third-order valence-corrected chi connectivity index (χ3v) is 1.38. The molecule has 0 saturated carbocycles. The molecular formula is C7H8ClN3O. The second kappa shape index (κ2) is 3.32. The Labute approximate surface area is 75.2 Å². The zero-order valence-corrected chi connectivity index (χ0v) is 6.97. The second-order valence-electron chi connectivity index (χ2n) is 2.18. The van der Waals surface area contributed by atoms with Gasteiger partial charge in [-0.3, -0.25) is 5.10 Å². The summed E-state index contributed by atoms with van der Waals surface area (Å²) >= 11 is 0. The monoisotopic (exact) mass is 185 g/mol. The van der Waals surface area contributed by atoms with Crippen LogP contribution in [0.5, 0.6) is 0 Å². The van der Waals surface area contributed by atoms with Crippen molar-refractivity contribution in [1.82, 2.24) is 10.2 Å². The molecule has 0 amide bonds. The molecule has 0 aliphatic carbocycles. The van der Waals surface area contributed by atoms with E-state index in [1.165, 1.54) is 0 Å². The molecule has 0 fully saturated rings. The molecule has 0 saturated heterocycles. The number of halogens is 1. The molecule has 12 heavy (non-hydrogen) atoms. The van der Waals surface area contributed by atoms with Crippen LogP contribution in [0.2, 0.25) is 0 Å². The highest BCUT2D eigenvalue weighted by atomic mass is 35.5. The average molecular weight is 186 g/mol. The van der Waals surface area contributed by atoms with Crippen molar-refractivity contribution in [1.29, 1.82) is 0 Å². The fourth-order valence-corrected chi connectivity index (χ4v) is 0.895. The van der Waals surface area contributed by atoms with Gasteiger partial charge in [0.2, 0.25) is 0 Å². The van der Waals surface area contributed by atoms with Crippen LogP contribution in [-0.2, 0) is 0 Å². The standard InChI is InChI=1S/C7H7N3O.ClH/c8-7-4-5(9-10-7)6-2-1-3-11-6;/h1-4H,(H3,8,9,10);1H. The first-order valence-electron chi connectivity index (χ1n) is 3.21. The van der Waals surface area contributed by atoms with Crippen LogP contribution in [-0.4, -0.2) is 10.2 Å². The Morgan fingerprint density at radius 3 is 2.83 bits per heavy atom. The van der Waals surface area contributed by atoms with Crippen molar-refractivity contribution in [2.75, 3.05) is 5.73 Å². The van der Waals surface area contributed by atoms with Gasteiger partial charge in [-0.2, -0.15) is 5.10 Å². The lowest BCUT2D eigenvalue weighted by Gasteiger charge is -1.85. The zero-order valence-electron chi connectivity index (χ0n) is 6.15. The van der Waals surface area contributed by atoms with Crippen LogP contribution in [0.15, 0.2) is 28.9 Å². The van der Waals surface area contributed by atoms with Gasteiger partial charge >= 0.3 is 0 Å². The topological polar surface area (TPSA) is 67.8 Å². The predicted molar refractivity (Wildman–Crippen MR) is 48.0 cm³/mol. The molecule has 0 bridgehead atoms. The van der Waals surface area contributed by atoms with Crippen LogP contribution in [0.25, 0.3) is 11.5 Å². The van der Waals surface area contributed by atoms with E-state index in [9.17, 15) is 0 Å². The van der Waals surface area contributed by atoms with Gasteiger partial charge in [0.1, 0.15) is 11.5 Å². The van der Waals surface area contributed by atoms with Gasteiger partial charge in [0, 0.05) is 6.07 Å². The van der Waals surface area contributed by atoms with Gasteiger partial charge in [-0.05, 0) is 12.1 Å². The number of anilines is 1. The number of H-pyrrole nitrogens is 1. The molecule has 5 heteroatoms. The summed E-state index contributed by atoms with van der Waals surface area (Å²) in [5.74, 6) is 1.21. The molecular weight excluding hydrogens is 178 g/mol. The molecule has 3 N–H and O–H groups in total. The van der Waals surface area contributed by atoms with Gasteiger partial charge in [0.15, 0.2) is 5.76 Å². The molecule has 4 nitrogen and oxygen atoms in total. The first kappa shape index (κ1) is 8.67. The minimum absolute atomic E-state index is 0. The number of furan rings is 1. The lowest BCUT2D eigenvalue weighted by atomic mass is 10.3. The Hall–Kier alpha value is -1.42. The van der Waals surface area contributed by atoms with Crippen molar-refractivity contribution in [3.63, 3.8) is 0 Å². The number of aromatic nitrogens is 2. The van der Waals surface area contributed by atoms with Crippen LogP contribution in [0, 0.1) is 0 Å². The minimum Gasteiger partial charge on any atom is -0.463 e. The highest BCUT2D eigenvalue weighted by Gasteiger charge is 2.01. The summed E-state index contributed by atoms with van der Waals surface area (Å²) in [6, 6.07) is 5.37. The van der Waals surface area contributed by atoms with Gasteiger partial charge in [0.25, 0.3) is 0 Å². The Balaban J connectivity index is 0.000000720. The fraction of sp³-hybridized carbons (Fsp3) is 0. The lowest BCUT2D eigenvalue weighted by Crippen LogP contribution is -1.81. The summed E-state index contributed by atoms with van der Waals surface area (Å²) in [5, 5.41) is 6.50. The number of nitrogen functional groups attached to an aromatic ring is 1. The number of nitrogens with two attached hydrogens (primary N) is 1. The summed E-state index contributed by atoms with van der Waals surface area (Å²) in [5.41, 5.74) is 6.20. The first-order valence-corrected chi connectivity index (χ1v) is 3.21. The van der Waals surface area contributed by atoms with E-state index in [4.69, 9.17) is 10.2 Å². The molecule has 64 valence electrons. The van der Waals surface area contributed by atoms with Crippen LogP contribution in [0.3, 0.4) is 0 Å². The summed E-state index contributed by atoms with van der Waals surface area (Å²) < 4.78 is 5.11. The molecule has 2 aromatic rings. The van der Waals surface area contributed by atoms with Gasteiger partial charge in [-0.1, -0.05) is 0 Å². The first-order chi connectivity index (χ1) is 5.36. The van der Waals surface area contributed by atoms with E-state index in [0.29, 0.717) is 5.82 Å². The summed E-state index contributed by atoms with van der Waals surface area (Å²) in [6.45, 7) is 0. The minimum atomic E-state index is 0. The van der Waals surface area contributed by atoms with Crippen molar-refractivity contribution in [2.45, 2.75) is 0 Å². The highest BCUT2D eigenvalue weighted by Crippen LogP contribution is 2.17. The molecule has 0 aromatic carbocycles. The van der Waals surface area contributed by atoms with E-state index in [1.807, 2.05) is 12.1 Å². The molecule has 2 aromatic heterocycles. The lowest BCUT2D eigenvalue weighted by molar-refractivity contribution is 0.580. The quantitative estimate of drug-likeness (QED) is 0.710.